The molecule has 1 N–H and O–H groups in total. The van der Waals surface area contributed by atoms with Gasteiger partial charge in [0.15, 0.2) is 0 Å². The number of aliphatic carboxylic acids is 1. The van der Waals surface area contributed by atoms with Gasteiger partial charge in [-0.3, -0.25) is 14.8 Å². The molecule has 0 amide bonds. The van der Waals surface area contributed by atoms with Crippen molar-refractivity contribution in [2.75, 3.05) is 7.11 Å². The smallest absolute Gasteiger partial charge is 0.306 e. The van der Waals surface area contributed by atoms with Gasteiger partial charge in [-0.1, -0.05) is 38.3 Å². The Hall–Kier alpha value is -3.48. The summed E-state index contributed by atoms with van der Waals surface area (Å²) in [5.41, 5.74) is 3.42. The first-order chi connectivity index (χ1) is 16.4. The van der Waals surface area contributed by atoms with E-state index < -0.39 is 17.7 Å². The molecule has 5 rings (SSSR count). The molecule has 7 heteroatoms. The SMILES string of the molecule is C1CC1.COc1ccc(F)c(-c2cnc(C3CCc4ccc(CC(C)C(=O)O)cc4O3)cn2)c1. The number of hydrogen-bond acceptors (Lipinski definition) is 5. The normalized spacial score (nSPS) is 16.9. The molecule has 6 nitrogen and oxygen atoms in total. The first-order valence-corrected chi connectivity index (χ1v) is 11.6. The summed E-state index contributed by atoms with van der Waals surface area (Å²) < 4.78 is 25.5. The van der Waals surface area contributed by atoms with Crippen molar-refractivity contribution in [3.8, 4) is 22.8 Å². The predicted octanol–water partition coefficient (Wildman–Crippen LogP) is 5.79. The van der Waals surface area contributed by atoms with Crippen LogP contribution < -0.4 is 9.47 Å². The fourth-order valence-electron chi connectivity index (χ4n) is 3.66. The molecule has 3 aromatic rings. The molecular weight excluding hydrogens is 435 g/mol. The van der Waals surface area contributed by atoms with Gasteiger partial charge < -0.3 is 14.6 Å². The summed E-state index contributed by atoms with van der Waals surface area (Å²) in [6.45, 7) is 1.69. The third kappa shape index (κ3) is 5.90. The Morgan fingerprint density at radius 1 is 1.18 bits per heavy atom. The van der Waals surface area contributed by atoms with Crippen molar-refractivity contribution in [1.82, 2.24) is 9.97 Å². The summed E-state index contributed by atoms with van der Waals surface area (Å²) in [6, 6.07) is 10.3. The van der Waals surface area contributed by atoms with Crippen molar-refractivity contribution in [2.45, 2.75) is 51.6 Å². The van der Waals surface area contributed by atoms with E-state index in [1.165, 1.54) is 38.6 Å². The molecule has 1 fully saturated rings. The second kappa shape index (κ2) is 10.6. The summed E-state index contributed by atoms with van der Waals surface area (Å²) in [5, 5.41) is 9.15. The van der Waals surface area contributed by atoms with E-state index in [4.69, 9.17) is 14.6 Å². The number of carbonyl (C=O) groups is 1. The number of benzene rings is 2. The van der Waals surface area contributed by atoms with Crippen LogP contribution in [0.1, 0.15) is 55.5 Å². The number of nitrogens with zero attached hydrogens (tertiary/aromatic N) is 2. The van der Waals surface area contributed by atoms with Crippen LogP contribution in [0.5, 0.6) is 11.5 Å². The average molecular weight is 465 g/mol. The van der Waals surface area contributed by atoms with Crippen molar-refractivity contribution in [3.05, 3.63) is 71.4 Å². The number of ether oxygens (including phenoxy) is 2. The van der Waals surface area contributed by atoms with Gasteiger partial charge in [0.25, 0.3) is 0 Å². The van der Waals surface area contributed by atoms with E-state index in [0.717, 1.165) is 29.7 Å². The number of halogens is 1. The van der Waals surface area contributed by atoms with E-state index in [1.54, 1.807) is 25.3 Å². The Morgan fingerprint density at radius 3 is 2.62 bits per heavy atom. The highest BCUT2D eigenvalue weighted by Gasteiger charge is 2.24. The van der Waals surface area contributed by atoms with E-state index in [2.05, 4.69) is 9.97 Å². The highest BCUT2D eigenvalue weighted by atomic mass is 19.1. The van der Waals surface area contributed by atoms with E-state index in [9.17, 15) is 9.18 Å². The molecule has 1 aliphatic heterocycles. The summed E-state index contributed by atoms with van der Waals surface area (Å²) >= 11 is 0. The van der Waals surface area contributed by atoms with Crippen molar-refractivity contribution < 1.29 is 23.8 Å². The molecule has 1 aromatic heterocycles. The van der Waals surface area contributed by atoms with Crippen LogP contribution in [0.25, 0.3) is 11.3 Å². The monoisotopic (exact) mass is 464 g/mol. The van der Waals surface area contributed by atoms with Gasteiger partial charge in [-0.2, -0.15) is 0 Å². The third-order valence-corrected chi connectivity index (χ3v) is 5.84. The van der Waals surface area contributed by atoms with Gasteiger partial charge in [-0.15, -0.1) is 0 Å². The summed E-state index contributed by atoms with van der Waals surface area (Å²) in [5.74, 6) is -0.389. The van der Waals surface area contributed by atoms with Gasteiger partial charge in [0.05, 0.1) is 36.8 Å². The maximum Gasteiger partial charge on any atom is 0.306 e. The number of rotatable bonds is 6. The van der Waals surface area contributed by atoms with E-state index in [0.29, 0.717) is 29.1 Å². The molecule has 2 aromatic carbocycles. The van der Waals surface area contributed by atoms with Gasteiger partial charge in [-0.25, -0.2) is 4.39 Å². The van der Waals surface area contributed by atoms with Gasteiger partial charge >= 0.3 is 5.97 Å². The van der Waals surface area contributed by atoms with Crippen molar-refractivity contribution >= 4 is 5.97 Å². The zero-order valence-corrected chi connectivity index (χ0v) is 19.5. The van der Waals surface area contributed by atoms with E-state index in [1.807, 2.05) is 18.2 Å². The molecule has 1 aliphatic carbocycles. The zero-order valence-electron chi connectivity index (χ0n) is 19.5. The Morgan fingerprint density at radius 2 is 1.97 bits per heavy atom. The van der Waals surface area contributed by atoms with Gasteiger partial charge in [0.2, 0.25) is 0 Å². The van der Waals surface area contributed by atoms with Crippen LogP contribution in [0.2, 0.25) is 0 Å². The van der Waals surface area contributed by atoms with Crippen molar-refractivity contribution in [2.24, 2.45) is 5.92 Å². The third-order valence-electron chi connectivity index (χ3n) is 5.84. The summed E-state index contributed by atoms with van der Waals surface area (Å²) in [4.78, 5) is 20.0. The lowest BCUT2D eigenvalue weighted by Crippen LogP contribution is -2.17. The second-order valence-corrected chi connectivity index (χ2v) is 8.76. The minimum atomic E-state index is -0.820. The highest BCUT2D eigenvalue weighted by molar-refractivity contribution is 5.70. The number of carboxylic acids is 1. The summed E-state index contributed by atoms with van der Waals surface area (Å²) in [7, 11) is 1.53. The fraction of sp³-hybridized carbons (Fsp3) is 0.370. The van der Waals surface area contributed by atoms with Gasteiger partial charge in [0, 0.05) is 5.56 Å². The number of hydrogen-bond donors (Lipinski definition) is 1. The molecule has 1 saturated carbocycles. The Kier molecular flexibility index (Phi) is 7.40. The molecule has 34 heavy (non-hydrogen) atoms. The molecule has 0 spiro atoms. The lowest BCUT2D eigenvalue weighted by Gasteiger charge is -2.26. The van der Waals surface area contributed by atoms with E-state index >= 15 is 0 Å². The second-order valence-electron chi connectivity index (χ2n) is 8.76. The molecule has 2 heterocycles. The van der Waals surface area contributed by atoms with Crippen LogP contribution >= 0.6 is 0 Å². The van der Waals surface area contributed by atoms with Crippen LogP contribution in [0.3, 0.4) is 0 Å². The highest BCUT2D eigenvalue weighted by Crippen LogP contribution is 2.35. The minimum Gasteiger partial charge on any atom is -0.497 e. The average Bonchev–Trinajstić information content (AvgIpc) is 3.74. The first kappa shape index (κ1) is 23.7. The standard InChI is InChI=1S/C24H23FN2O4.C3H6/c1-14(24(28)29)9-15-3-4-16-5-8-22(31-23(16)10-15)21-13-26-20(12-27-21)18-11-17(30-2)6-7-19(18)25;1-2-3-1/h3-4,6-7,10-14,22H,5,8-9H2,1-2H3,(H,28,29);1-3H2. The topological polar surface area (TPSA) is 81.5 Å². The lowest BCUT2D eigenvalue weighted by atomic mass is 9.95. The first-order valence-electron chi connectivity index (χ1n) is 11.6. The van der Waals surface area contributed by atoms with Gasteiger partial charge in [-0.05, 0) is 54.7 Å². The maximum atomic E-state index is 14.2. The predicted molar refractivity (Wildman–Crippen MR) is 126 cm³/mol. The van der Waals surface area contributed by atoms with Crippen molar-refractivity contribution in [3.63, 3.8) is 0 Å². The summed E-state index contributed by atoms with van der Waals surface area (Å²) in [6.07, 6.45) is 9.40. The molecule has 178 valence electrons. The zero-order chi connectivity index (χ0) is 24.1. The van der Waals surface area contributed by atoms with Gasteiger partial charge in [0.1, 0.15) is 23.4 Å². The molecule has 0 bridgehead atoms. The molecule has 0 radical (unpaired) electrons. The number of methoxy groups -OCH3 is 1. The number of aromatic nitrogens is 2. The molecular formula is C27H29FN2O4. The van der Waals surface area contributed by atoms with Crippen LogP contribution in [-0.4, -0.2) is 28.2 Å². The number of carboxylic acid groups (broad SMARTS) is 1. The van der Waals surface area contributed by atoms with E-state index in [-0.39, 0.29) is 6.10 Å². The van der Waals surface area contributed by atoms with Crippen LogP contribution in [0.4, 0.5) is 4.39 Å². The maximum absolute atomic E-state index is 14.2. The minimum absolute atomic E-state index is 0.267. The molecule has 0 saturated heterocycles. The molecule has 2 unspecified atom stereocenters. The Bertz CT molecular complexity index is 1150. The lowest BCUT2D eigenvalue weighted by molar-refractivity contribution is -0.141. The van der Waals surface area contributed by atoms with Crippen LogP contribution in [0.15, 0.2) is 48.8 Å². The van der Waals surface area contributed by atoms with Crippen LogP contribution in [0, 0.1) is 11.7 Å². The number of fused-ring (bicyclic) bond motifs is 1. The molecule has 2 aliphatic rings. The number of aryl methyl sites for hydroxylation is 1. The molecule has 2 atom stereocenters. The Labute approximate surface area is 198 Å². The van der Waals surface area contributed by atoms with Crippen molar-refractivity contribution in [1.29, 1.82) is 0 Å². The largest absolute Gasteiger partial charge is 0.497 e. The quantitative estimate of drug-likeness (QED) is 0.497. The van der Waals surface area contributed by atoms with Crippen LogP contribution in [-0.2, 0) is 17.6 Å². The Balaban J connectivity index is 0.000000846. The fourth-order valence-corrected chi connectivity index (χ4v) is 3.66.